The predicted octanol–water partition coefficient (Wildman–Crippen LogP) is -0.148. The third-order valence-electron chi connectivity index (χ3n) is 0. The lowest BCUT2D eigenvalue weighted by atomic mass is 15.9. The molecular weight excluding hydrogens is 164 g/mol. The van der Waals surface area contributed by atoms with Crippen LogP contribution in [-0.2, 0) is 9.15 Å². The van der Waals surface area contributed by atoms with Gasteiger partial charge in [-0.1, -0.05) is 0 Å². The van der Waals surface area contributed by atoms with Crippen LogP contribution in [0.25, 0.3) is 0 Å². The van der Waals surface area contributed by atoms with E-state index in [2.05, 4.69) is 23.5 Å². The van der Waals surface area contributed by atoms with Crippen molar-refractivity contribution in [3.63, 3.8) is 0 Å². The highest BCUT2D eigenvalue weighted by molar-refractivity contribution is 8.61. The Hall–Kier alpha value is 0.510. The van der Waals surface area contributed by atoms with E-state index in [4.69, 9.17) is 17.6 Å². The lowest BCUT2D eigenvalue weighted by molar-refractivity contribution is 0.503. The van der Waals surface area contributed by atoms with E-state index in [1.165, 1.54) is 0 Å². The lowest BCUT2D eigenvalue weighted by Gasteiger charge is -1.67. The van der Waals surface area contributed by atoms with Gasteiger partial charge in [0, 0.05) is 0 Å². The first-order chi connectivity index (χ1) is 3.00. The third kappa shape index (κ3) is 509. The average Bonchev–Trinajstić information content (AvgIpc) is 1.36. The van der Waals surface area contributed by atoms with Crippen molar-refractivity contribution in [2.24, 2.45) is 0 Å². The van der Waals surface area contributed by atoms with Crippen molar-refractivity contribution < 1.29 is 17.6 Å². The Morgan fingerprint density at radius 3 is 1.43 bits per heavy atom. The molecule has 0 fully saturated rings. The smallest absolute Gasteiger partial charge is 0.295 e. The summed E-state index contributed by atoms with van der Waals surface area (Å²) < 4.78 is 31.9. The highest BCUT2D eigenvalue weighted by Gasteiger charge is 1.83. The molecule has 0 atom stereocenters. The van der Waals surface area contributed by atoms with Crippen LogP contribution in [0.1, 0.15) is 0 Å². The molecule has 0 bridgehead atoms. The maximum atomic E-state index is 9.05. The summed E-state index contributed by atoms with van der Waals surface area (Å²) in [5, 5.41) is 0. The molecule has 0 aliphatic rings. The third-order valence-corrected chi connectivity index (χ3v) is 0. The van der Waals surface area contributed by atoms with Crippen LogP contribution in [0.5, 0.6) is 0 Å². The molecule has 0 aromatic carbocycles. The van der Waals surface area contributed by atoms with E-state index in [1.54, 1.807) is 0 Å². The summed E-state index contributed by atoms with van der Waals surface area (Å²) in [7, 11) is -3.97. The van der Waals surface area contributed by atoms with Crippen molar-refractivity contribution in [1.82, 2.24) is 0 Å². The van der Waals surface area contributed by atoms with Gasteiger partial charge < -0.3 is 0 Å². The minimum Gasteiger partial charge on any atom is -0.295 e. The molecule has 0 spiro atoms. The molecule has 0 rings (SSSR count). The second-order valence-corrected chi connectivity index (χ2v) is 2.73. The predicted molar refractivity (Wildman–Crippen MR) is 28.6 cm³/mol. The fraction of sp³-hybridized carbons (Fsp3) is 0. The number of hydrogen-bond donors (Lipinski definition) is 3. The van der Waals surface area contributed by atoms with Gasteiger partial charge in [-0.15, -0.1) is 0 Å². The van der Waals surface area contributed by atoms with E-state index in [9.17, 15) is 0 Å². The molecular formula is H3ClO4S2. The van der Waals surface area contributed by atoms with Crippen molar-refractivity contribution in [2.75, 3.05) is 0 Å². The van der Waals surface area contributed by atoms with Crippen molar-refractivity contribution in [3.05, 3.63) is 0 Å². The second-order valence-electron chi connectivity index (χ2n) is 0.448. The van der Waals surface area contributed by atoms with Gasteiger partial charge in [-0.3, -0.25) is 9.21 Å². The molecule has 0 radical (unpaired) electrons. The SMILES string of the molecule is O=S(=O)(O)S.OCl. The fourth-order valence-corrected chi connectivity index (χ4v) is 0. The highest BCUT2D eigenvalue weighted by Crippen LogP contribution is 1.81. The summed E-state index contributed by atoms with van der Waals surface area (Å²) in [5.41, 5.74) is 0. The standard InChI is InChI=1S/ClHO.H2O3S2/c1-2;1-5(2,3)4/h2H;(H2,1,2,3,4). The molecule has 0 unspecified atom stereocenters. The fourth-order valence-electron chi connectivity index (χ4n) is 0. The highest BCUT2D eigenvalue weighted by atomic mass is 35.5. The van der Waals surface area contributed by atoms with Crippen molar-refractivity contribution in [1.29, 1.82) is 0 Å². The van der Waals surface area contributed by atoms with Gasteiger partial charge in [0.05, 0.1) is 11.9 Å². The number of thiol groups is 1. The molecule has 0 heterocycles. The van der Waals surface area contributed by atoms with Gasteiger partial charge in [0.25, 0.3) is 0 Å². The van der Waals surface area contributed by atoms with E-state index in [0.29, 0.717) is 0 Å². The molecule has 0 aromatic rings. The van der Waals surface area contributed by atoms with Crippen LogP contribution in [0.2, 0.25) is 0 Å². The monoisotopic (exact) mass is 166 g/mol. The minimum absolute atomic E-state index is 2.65. The van der Waals surface area contributed by atoms with Gasteiger partial charge in [-0.2, -0.15) is 8.42 Å². The summed E-state index contributed by atoms with van der Waals surface area (Å²) >= 11 is 6.29. The molecule has 0 aliphatic heterocycles. The Morgan fingerprint density at radius 2 is 1.43 bits per heavy atom. The van der Waals surface area contributed by atoms with E-state index >= 15 is 0 Å². The molecule has 0 aliphatic carbocycles. The Kier molecular flexibility index (Phi) is 6.98. The zero-order chi connectivity index (χ0) is 6.50. The minimum atomic E-state index is -3.97. The molecule has 0 amide bonds. The van der Waals surface area contributed by atoms with Gasteiger partial charge >= 0.3 is 9.15 Å². The summed E-state index contributed by atoms with van der Waals surface area (Å²) in [5.74, 6) is 0. The summed E-state index contributed by atoms with van der Waals surface area (Å²) in [6.07, 6.45) is 0. The number of rotatable bonds is 0. The van der Waals surface area contributed by atoms with Crippen LogP contribution in [0.4, 0.5) is 0 Å². The normalized spacial score (nSPS) is 9.14. The zero-order valence-electron chi connectivity index (χ0n) is 2.94. The molecule has 7 heavy (non-hydrogen) atoms. The van der Waals surface area contributed by atoms with E-state index in [0.717, 1.165) is 0 Å². The summed E-state index contributed by atoms with van der Waals surface area (Å²) in [6.45, 7) is 0. The topological polar surface area (TPSA) is 74.6 Å². The lowest BCUT2D eigenvalue weighted by Crippen LogP contribution is -1.78. The molecule has 0 saturated heterocycles. The van der Waals surface area contributed by atoms with Crippen molar-refractivity contribution >= 4 is 32.7 Å². The Balaban J connectivity index is 0. The van der Waals surface area contributed by atoms with Crippen LogP contribution < -0.4 is 0 Å². The van der Waals surface area contributed by atoms with Crippen LogP contribution in [0.3, 0.4) is 0 Å². The van der Waals surface area contributed by atoms with E-state index < -0.39 is 9.15 Å². The molecule has 0 aromatic heterocycles. The van der Waals surface area contributed by atoms with Crippen LogP contribution >= 0.6 is 23.5 Å². The summed E-state index contributed by atoms with van der Waals surface area (Å²) in [4.78, 5) is 0. The van der Waals surface area contributed by atoms with Gasteiger partial charge in [0.1, 0.15) is 0 Å². The van der Waals surface area contributed by atoms with Crippen LogP contribution in [0.15, 0.2) is 0 Å². The van der Waals surface area contributed by atoms with Crippen molar-refractivity contribution in [2.45, 2.75) is 0 Å². The zero-order valence-corrected chi connectivity index (χ0v) is 5.41. The van der Waals surface area contributed by atoms with Crippen LogP contribution in [-0.4, -0.2) is 17.6 Å². The molecule has 4 nitrogen and oxygen atoms in total. The molecule has 7 heteroatoms. The van der Waals surface area contributed by atoms with Gasteiger partial charge in [0.2, 0.25) is 0 Å². The summed E-state index contributed by atoms with van der Waals surface area (Å²) in [6, 6.07) is 0. The van der Waals surface area contributed by atoms with E-state index in [1.807, 2.05) is 0 Å². The average molecular weight is 167 g/mol. The Morgan fingerprint density at radius 1 is 1.43 bits per heavy atom. The number of hydrogen-bond acceptors (Lipinski definition) is 3. The maximum Gasteiger partial charge on any atom is 0.316 e. The van der Waals surface area contributed by atoms with Gasteiger partial charge in [-0.05, 0) is 11.7 Å². The first-order valence-corrected chi connectivity index (χ1v) is 3.70. The second kappa shape index (κ2) is 4.66. The van der Waals surface area contributed by atoms with Crippen LogP contribution in [0, 0.1) is 0 Å². The van der Waals surface area contributed by atoms with Gasteiger partial charge in [0.15, 0.2) is 0 Å². The van der Waals surface area contributed by atoms with Gasteiger partial charge in [-0.25, -0.2) is 0 Å². The van der Waals surface area contributed by atoms with E-state index in [-0.39, 0.29) is 0 Å². The first kappa shape index (κ1) is 10.5. The largest absolute Gasteiger partial charge is 0.316 e. The molecule has 46 valence electrons. The molecule has 2 N–H and O–H groups in total. The Bertz CT molecular complexity index is 92.9. The quantitative estimate of drug-likeness (QED) is 0.266. The first-order valence-electron chi connectivity index (χ1n) is 0.868. The number of halogens is 1. The van der Waals surface area contributed by atoms with Crippen molar-refractivity contribution in [3.8, 4) is 0 Å². The Labute approximate surface area is 50.8 Å². The molecule has 0 saturated carbocycles. The maximum absolute atomic E-state index is 9.05.